The Labute approximate surface area is 63.1 Å². The fraction of sp³-hybridized carbons (Fsp3) is 0.778. The summed E-state index contributed by atoms with van der Waals surface area (Å²) in [7, 11) is 0. The van der Waals surface area contributed by atoms with Gasteiger partial charge >= 0.3 is 0 Å². The molecule has 10 heavy (non-hydrogen) atoms. The van der Waals surface area contributed by atoms with Crippen molar-refractivity contribution in [1.29, 1.82) is 0 Å². The van der Waals surface area contributed by atoms with Gasteiger partial charge in [0.2, 0.25) is 0 Å². The van der Waals surface area contributed by atoms with Gasteiger partial charge in [-0.1, -0.05) is 32.9 Å². The van der Waals surface area contributed by atoms with E-state index in [-0.39, 0.29) is 5.41 Å². The molecule has 0 spiro atoms. The third-order valence-electron chi connectivity index (χ3n) is 1.75. The standard InChI is InChI=1S/C9H16O/c1-9(2,3)8-6-4-5-7-10-8/h4,6,8H,5,7H2,1-3H3. The van der Waals surface area contributed by atoms with Crippen molar-refractivity contribution in [3.05, 3.63) is 12.2 Å². The molecule has 0 aromatic rings. The van der Waals surface area contributed by atoms with Crippen LogP contribution >= 0.6 is 0 Å². The van der Waals surface area contributed by atoms with Gasteiger partial charge in [0.15, 0.2) is 0 Å². The van der Waals surface area contributed by atoms with Crippen LogP contribution in [0.15, 0.2) is 12.2 Å². The smallest absolute Gasteiger partial charge is 0.0804 e. The van der Waals surface area contributed by atoms with Crippen molar-refractivity contribution >= 4 is 0 Å². The summed E-state index contributed by atoms with van der Waals surface area (Å²) < 4.78 is 5.56. The lowest BCUT2D eigenvalue weighted by Gasteiger charge is -2.30. The molecule has 1 heteroatoms. The second-order valence-electron chi connectivity index (χ2n) is 3.87. The minimum absolute atomic E-state index is 0.261. The van der Waals surface area contributed by atoms with E-state index in [4.69, 9.17) is 4.74 Å². The third-order valence-corrected chi connectivity index (χ3v) is 1.75. The maximum absolute atomic E-state index is 5.56. The van der Waals surface area contributed by atoms with Gasteiger partial charge in [-0.3, -0.25) is 0 Å². The van der Waals surface area contributed by atoms with Crippen LogP contribution in [-0.4, -0.2) is 12.7 Å². The molecule has 0 saturated heterocycles. The lowest BCUT2D eigenvalue weighted by molar-refractivity contribution is 0.0102. The predicted molar refractivity (Wildman–Crippen MR) is 43.0 cm³/mol. The normalized spacial score (nSPS) is 26.9. The summed E-state index contributed by atoms with van der Waals surface area (Å²) in [4.78, 5) is 0. The number of hydrogen-bond acceptors (Lipinski definition) is 1. The van der Waals surface area contributed by atoms with E-state index in [0.717, 1.165) is 13.0 Å². The van der Waals surface area contributed by atoms with Crippen LogP contribution in [0.5, 0.6) is 0 Å². The van der Waals surface area contributed by atoms with E-state index in [1.165, 1.54) is 0 Å². The van der Waals surface area contributed by atoms with Gasteiger partial charge in [0.05, 0.1) is 12.7 Å². The summed E-state index contributed by atoms with van der Waals surface area (Å²) in [5.74, 6) is 0. The van der Waals surface area contributed by atoms with Gasteiger partial charge in [-0.2, -0.15) is 0 Å². The summed E-state index contributed by atoms with van der Waals surface area (Å²) in [6.45, 7) is 7.49. The second-order valence-corrected chi connectivity index (χ2v) is 3.87. The predicted octanol–water partition coefficient (Wildman–Crippen LogP) is 2.38. The van der Waals surface area contributed by atoms with Crippen LogP contribution in [0, 0.1) is 5.41 Å². The molecule has 1 aliphatic rings. The Hall–Kier alpha value is -0.300. The van der Waals surface area contributed by atoms with Crippen molar-refractivity contribution in [2.75, 3.05) is 6.61 Å². The van der Waals surface area contributed by atoms with Crippen LogP contribution in [0.3, 0.4) is 0 Å². The molecule has 0 amide bonds. The topological polar surface area (TPSA) is 9.23 Å². The molecule has 0 saturated carbocycles. The highest BCUT2D eigenvalue weighted by Crippen LogP contribution is 2.25. The Morgan fingerprint density at radius 2 is 2.10 bits per heavy atom. The van der Waals surface area contributed by atoms with Crippen LogP contribution in [0.2, 0.25) is 0 Å². The summed E-state index contributed by atoms with van der Waals surface area (Å²) in [6.07, 6.45) is 5.77. The zero-order chi connectivity index (χ0) is 7.61. The van der Waals surface area contributed by atoms with Crippen LogP contribution in [0.1, 0.15) is 27.2 Å². The average molecular weight is 140 g/mol. The molecule has 58 valence electrons. The van der Waals surface area contributed by atoms with Crippen LogP contribution in [-0.2, 0) is 4.74 Å². The Kier molecular flexibility index (Phi) is 2.14. The van der Waals surface area contributed by atoms with Crippen molar-refractivity contribution < 1.29 is 4.74 Å². The van der Waals surface area contributed by atoms with Crippen molar-refractivity contribution in [3.63, 3.8) is 0 Å². The van der Waals surface area contributed by atoms with E-state index >= 15 is 0 Å². The largest absolute Gasteiger partial charge is 0.373 e. The molecule has 1 atom stereocenters. The molecule has 1 heterocycles. The first-order valence-corrected chi connectivity index (χ1v) is 3.89. The number of ether oxygens (including phenoxy) is 1. The maximum Gasteiger partial charge on any atom is 0.0804 e. The van der Waals surface area contributed by atoms with Gasteiger partial charge in [0, 0.05) is 0 Å². The highest BCUT2D eigenvalue weighted by atomic mass is 16.5. The van der Waals surface area contributed by atoms with Gasteiger partial charge in [-0.15, -0.1) is 0 Å². The van der Waals surface area contributed by atoms with Crippen LogP contribution < -0.4 is 0 Å². The van der Waals surface area contributed by atoms with E-state index < -0.39 is 0 Å². The molecule has 0 aromatic carbocycles. The van der Waals surface area contributed by atoms with E-state index in [0.29, 0.717) is 6.10 Å². The first-order valence-electron chi connectivity index (χ1n) is 3.89. The lowest BCUT2D eigenvalue weighted by atomic mass is 9.88. The lowest BCUT2D eigenvalue weighted by Crippen LogP contribution is -2.29. The molecule has 0 bridgehead atoms. The molecule has 1 unspecified atom stereocenters. The summed E-state index contributed by atoms with van der Waals surface area (Å²) >= 11 is 0. The molecule has 1 nitrogen and oxygen atoms in total. The fourth-order valence-electron chi connectivity index (χ4n) is 1.08. The Balaban J connectivity index is 2.55. The van der Waals surface area contributed by atoms with Crippen molar-refractivity contribution in [2.24, 2.45) is 5.41 Å². The zero-order valence-corrected chi connectivity index (χ0v) is 7.05. The quantitative estimate of drug-likeness (QED) is 0.469. The van der Waals surface area contributed by atoms with Gasteiger partial charge in [-0.05, 0) is 11.8 Å². The van der Waals surface area contributed by atoms with Crippen molar-refractivity contribution in [3.8, 4) is 0 Å². The first-order chi connectivity index (χ1) is 4.61. The minimum atomic E-state index is 0.261. The minimum Gasteiger partial charge on any atom is -0.373 e. The average Bonchev–Trinajstić information content (AvgIpc) is 1.88. The zero-order valence-electron chi connectivity index (χ0n) is 7.05. The van der Waals surface area contributed by atoms with Gasteiger partial charge in [-0.25, -0.2) is 0 Å². The highest BCUT2D eigenvalue weighted by Gasteiger charge is 2.23. The van der Waals surface area contributed by atoms with E-state index in [1.807, 2.05) is 0 Å². The van der Waals surface area contributed by atoms with E-state index in [2.05, 4.69) is 32.9 Å². The molecule has 0 aliphatic carbocycles. The summed E-state index contributed by atoms with van der Waals surface area (Å²) in [5.41, 5.74) is 0.261. The monoisotopic (exact) mass is 140 g/mol. The number of hydrogen-bond donors (Lipinski definition) is 0. The van der Waals surface area contributed by atoms with Gasteiger partial charge in [0.1, 0.15) is 0 Å². The molecule has 0 fully saturated rings. The Bertz CT molecular complexity index is 130. The fourth-order valence-corrected chi connectivity index (χ4v) is 1.08. The summed E-state index contributed by atoms with van der Waals surface area (Å²) in [6, 6.07) is 0. The number of rotatable bonds is 0. The van der Waals surface area contributed by atoms with E-state index in [9.17, 15) is 0 Å². The molecular weight excluding hydrogens is 124 g/mol. The molecule has 1 aliphatic heterocycles. The third kappa shape index (κ3) is 1.84. The molecule has 0 radical (unpaired) electrons. The van der Waals surface area contributed by atoms with Crippen LogP contribution in [0.4, 0.5) is 0 Å². The van der Waals surface area contributed by atoms with Crippen molar-refractivity contribution in [1.82, 2.24) is 0 Å². The Morgan fingerprint density at radius 1 is 1.40 bits per heavy atom. The van der Waals surface area contributed by atoms with Gasteiger partial charge < -0.3 is 4.74 Å². The molecule has 1 rings (SSSR count). The van der Waals surface area contributed by atoms with Crippen LogP contribution in [0.25, 0.3) is 0 Å². The molecule has 0 N–H and O–H groups in total. The second kappa shape index (κ2) is 2.75. The van der Waals surface area contributed by atoms with Crippen molar-refractivity contribution in [2.45, 2.75) is 33.3 Å². The molecule has 0 aromatic heterocycles. The van der Waals surface area contributed by atoms with Gasteiger partial charge in [0.25, 0.3) is 0 Å². The first kappa shape index (κ1) is 7.80. The summed E-state index contributed by atoms with van der Waals surface area (Å²) in [5, 5.41) is 0. The highest BCUT2D eigenvalue weighted by molar-refractivity contribution is 4.98. The Morgan fingerprint density at radius 3 is 2.40 bits per heavy atom. The SMILES string of the molecule is CC(C)(C)C1C=CCCO1. The maximum atomic E-state index is 5.56. The molecular formula is C9H16O. The van der Waals surface area contributed by atoms with E-state index in [1.54, 1.807) is 0 Å².